The maximum absolute atomic E-state index is 11.6. The molecule has 1 fully saturated rings. The van der Waals surface area contributed by atoms with Crippen molar-refractivity contribution in [1.29, 1.82) is 0 Å². The van der Waals surface area contributed by atoms with E-state index >= 15 is 0 Å². The molecule has 0 unspecified atom stereocenters. The van der Waals surface area contributed by atoms with E-state index in [4.69, 9.17) is 23.7 Å². The van der Waals surface area contributed by atoms with Crippen LogP contribution in [-0.4, -0.2) is 51.0 Å². The van der Waals surface area contributed by atoms with E-state index in [2.05, 4.69) is 6.07 Å². The van der Waals surface area contributed by atoms with E-state index in [1.54, 1.807) is 28.3 Å². The number of hydrogen-bond acceptors (Lipinski definition) is 6. The lowest BCUT2D eigenvalue weighted by atomic mass is 9.98. The van der Waals surface area contributed by atoms with Crippen molar-refractivity contribution in [2.45, 2.75) is 32.2 Å². The van der Waals surface area contributed by atoms with Gasteiger partial charge in [0.25, 0.3) is 0 Å². The van der Waals surface area contributed by atoms with E-state index in [0.717, 1.165) is 22.4 Å². The average Bonchev–Trinajstić information content (AvgIpc) is 2.78. The van der Waals surface area contributed by atoms with Crippen molar-refractivity contribution in [1.82, 2.24) is 4.90 Å². The fraction of sp³-hybridized carbons (Fsp3) is 0.435. The van der Waals surface area contributed by atoms with Crippen LogP contribution in [-0.2, 0) is 16.1 Å². The molecule has 1 saturated heterocycles. The van der Waals surface area contributed by atoms with Gasteiger partial charge in [0.1, 0.15) is 5.75 Å². The summed E-state index contributed by atoms with van der Waals surface area (Å²) in [4.78, 5) is 13.4. The third-order valence-electron chi connectivity index (χ3n) is 5.82. The molecule has 0 aromatic heterocycles. The predicted octanol–water partition coefficient (Wildman–Crippen LogP) is 3.63. The smallest absolute Gasteiger partial charge is 0.219 e. The second-order valence-electron chi connectivity index (χ2n) is 7.54. The van der Waals surface area contributed by atoms with Crippen molar-refractivity contribution in [2.75, 3.05) is 34.4 Å². The lowest BCUT2D eigenvalue weighted by Gasteiger charge is -2.43. The molecule has 0 bridgehead atoms. The first kappa shape index (κ1) is 20.3. The van der Waals surface area contributed by atoms with Gasteiger partial charge in [-0.05, 0) is 35.4 Å². The summed E-state index contributed by atoms with van der Waals surface area (Å²) in [6.45, 7) is 3.36. The number of piperidine rings is 1. The number of fused-ring (bicyclic) bond motifs is 1. The normalized spacial score (nSPS) is 17.1. The van der Waals surface area contributed by atoms with Crippen molar-refractivity contribution < 1.29 is 28.5 Å². The molecule has 2 heterocycles. The summed E-state index contributed by atoms with van der Waals surface area (Å²) < 4.78 is 28.8. The zero-order valence-electron chi connectivity index (χ0n) is 17.8. The van der Waals surface area contributed by atoms with Crippen LogP contribution in [0, 0.1) is 0 Å². The first-order valence-corrected chi connectivity index (χ1v) is 10.0. The van der Waals surface area contributed by atoms with Gasteiger partial charge in [-0.1, -0.05) is 6.07 Å². The van der Waals surface area contributed by atoms with Gasteiger partial charge in [0.15, 0.2) is 11.5 Å². The number of amides is 1. The lowest BCUT2D eigenvalue weighted by molar-refractivity contribution is -0.227. The SMILES string of the molecule is COc1cc(-c2ccc3c(c2)COC2(CCN(C(C)=O)CC2)O3)cc(OC)c1OC. The molecule has 0 N–H and O–H groups in total. The van der Waals surface area contributed by atoms with Gasteiger partial charge in [-0.25, -0.2) is 0 Å². The van der Waals surface area contributed by atoms with E-state index < -0.39 is 5.79 Å². The first-order valence-electron chi connectivity index (χ1n) is 10.0. The molecule has 2 aliphatic heterocycles. The zero-order valence-corrected chi connectivity index (χ0v) is 17.8. The number of carbonyl (C=O) groups is 1. The lowest BCUT2D eigenvalue weighted by Crippen LogP contribution is -2.52. The number of rotatable bonds is 4. The summed E-state index contributed by atoms with van der Waals surface area (Å²) in [6, 6.07) is 9.91. The second-order valence-corrected chi connectivity index (χ2v) is 7.54. The number of methoxy groups -OCH3 is 3. The molecule has 7 heteroatoms. The Morgan fingerprint density at radius 3 is 2.20 bits per heavy atom. The van der Waals surface area contributed by atoms with Gasteiger partial charge in [-0.3, -0.25) is 4.79 Å². The molecule has 0 aliphatic carbocycles. The third-order valence-corrected chi connectivity index (χ3v) is 5.82. The van der Waals surface area contributed by atoms with Gasteiger partial charge in [-0.15, -0.1) is 0 Å². The van der Waals surface area contributed by atoms with Crippen LogP contribution >= 0.6 is 0 Å². The van der Waals surface area contributed by atoms with Crippen LogP contribution in [0.2, 0.25) is 0 Å². The van der Waals surface area contributed by atoms with E-state index in [9.17, 15) is 4.79 Å². The van der Waals surface area contributed by atoms with Gasteiger partial charge in [0.2, 0.25) is 17.4 Å². The molecule has 0 radical (unpaired) electrons. The highest BCUT2D eigenvalue weighted by Crippen LogP contribution is 2.43. The Balaban J connectivity index is 1.59. The first-order chi connectivity index (χ1) is 14.5. The maximum Gasteiger partial charge on any atom is 0.219 e. The largest absolute Gasteiger partial charge is 0.493 e. The summed E-state index contributed by atoms with van der Waals surface area (Å²) in [5.74, 6) is 2.05. The number of ether oxygens (including phenoxy) is 5. The molecular weight excluding hydrogens is 386 g/mol. The molecule has 0 saturated carbocycles. The van der Waals surface area contributed by atoms with Crippen molar-refractivity contribution in [3.05, 3.63) is 35.9 Å². The topological polar surface area (TPSA) is 66.5 Å². The molecule has 2 aromatic carbocycles. The van der Waals surface area contributed by atoms with E-state index in [-0.39, 0.29) is 5.91 Å². The number of nitrogens with zero attached hydrogens (tertiary/aromatic N) is 1. The molecule has 4 rings (SSSR count). The molecule has 2 aromatic rings. The Bertz CT molecular complexity index is 924. The Morgan fingerprint density at radius 2 is 1.63 bits per heavy atom. The van der Waals surface area contributed by atoms with Crippen LogP contribution in [0.3, 0.4) is 0 Å². The fourth-order valence-corrected chi connectivity index (χ4v) is 4.07. The van der Waals surface area contributed by atoms with Crippen LogP contribution in [0.25, 0.3) is 11.1 Å². The molecule has 0 atom stereocenters. The van der Waals surface area contributed by atoms with Crippen LogP contribution in [0.15, 0.2) is 30.3 Å². The van der Waals surface area contributed by atoms with E-state index in [1.165, 1.54) is 0 Å². The highest BCUT2D eigenvalue weighted by molar-refractivity contribution is 5.73. The van der Waals surface area contributed by atoms with Crippen LogP contribution in [0.5, 0.6) is 23.0 Å². The molecule has 2 aliphatic rings. The maximum atomic E-state index is 11.6. The van der Waals surface area contributed by atoms with Crippen molar-refractivity contribution >= 4 is 5.91 Å². The minimum Gasteiger partial charge on any atom is -0.493 e. The molecule has 30 heavy (non-hydrogen) atoms. The Hall–Kier alpha value is -2.93. The minimum atomic E-state index is -0.646. The van der Waals surface area contributed by atoms with Crippen molar-refractivity contribution in [3.63, 3.8) is 0 Å². The van der Waals surface area contributed by atoms with Crippen molar-refractivity contribution in [3.8, 4) is 34.1 Å². The highest BCUT2D eigenvalue weighted by Gasteiger charge is 2.41. The quantitative estimate of drug-likeness (QED) is 0.763. The summed E-state index contributed by atoms with van der Waals surface area (Å²) in [5.41, 5.74) is 2.94. The molecule has 1 amide bonds. The van der Waals surface area contributed by atoms with Gasteiger partial charge >= 0.3 is 0 Å². The van der Waals surface area contributed by atoms with E-state index in [0.29, 0.717) is 49.8 Å². The Morgan fingerprint density at radius 1 is 0.967 bits per heavy atom. The summed E-state index contributed by atoms with van der Waals surface area (Å²) in [6.07, 6.45) is 1.33. The van der Waals surface area contributed by atoms with Crippen LogP contribution < -0.4 is 18.9 Å². The minimum absolute atomic E-state index is 0.0936. The zero-order chi connectivity index (χ0) is 21.3. The summed E-state index contributed by atoms with van der Waals surface area (Å²) >= 11 is 0. The van der Waals surface area contributed by atoms with E-state index in [1.807, 2.05) is 29.2 Å². The number of carbonyl (C=O) groups excluding carboxylic acids is 1. The Kier molecular flexibility index (Phi) is 5.47. The highest BCUT2D eigenvalue weighted by atomic mass is 16.7. The van der Waals surface area contributed by atoms with Gasteiger partial charge in [-0.2, -0.15) is 0 Å². The average molecular weight is 413 g/mol. The molecule has 7 nitrogen and oxygen atoms in total. The fourth-order valence-electron chi connectivity index (χ4n) is 4.07. The van der Waals surface area contributed by atoms with Gasteiger partial charge < -0.3 is 28.6 Å². The van der Waals surface area contributed by atoms with Crippen molar-refractivity contribution in [2.24, 2.45) is 0 Å². The third kappa shape index (κ3) is 3.65. The van der Waals surface area contributed by atoms with Gasteiger partial charge in [0, 0.05) is 38.4 Å². The van der Waals surface area contributed by atoms with Crippen LogP contribution in [0.4, 0.5) is 0 Å². The second kappa shape index (κ2) is 8.07. The Labute approximate surface area is 176 Å². The number of hydrogen-bond donors (Lipinski definition) is 0. The van der Waals surface area contributed by atoms with Crippen LogP contribution in [0.1, 0.15) is 25.3 Å². The standard InChI is InChI=1S/C23H27NO6/c1-15(25)24-9-7-23(8-10-24)29-14-18-11-16(5-6-19(18)30-23)17-12-20(26-2)22(28-4)21(13-17)27-3/h5-6,11-13H,7-10,14H2,1-4H3. The summed E-state index contributed by atoms with van der Waals surface area (Å²) in [5, 5.41) is 0. The molecular formula is C23H27NO6. The molecule has 1 spiro atoms. The number of benzene rings is 2. The predicted molar refractivity (Wildman–Crippen MR) is 111 cm³/mol. The monoisotopic (exact) mass is 413 g/mol. The number of likely N-dealkylation sites (tertiary alicyclic amines) is 1. The summed E-state index contributed by atoms with van der Waals surface area (Å²) in [7, 11) is 4.79. The van der Waals surface area contributed by atoms with Gasteiger partial charge in [0.05, 0.1) is 27.9 Å². The molecule has 160 valence electrons.